The van der Waals surface area contributed by atoms with E-state index in [9.17, 15) is 18.0 Å². The Morgan fingerprint density at radius 2 is 1.89 bits per heavy atom. The van der Waals surface area contributed by atoms with Crippen molar-refractivity contribution in [3.8, 4) is 11.4 Å². The summed E-state index contributed by atoms with van der Waals surface area (Å²) in [4.78, 5) is 10.5. The van der Waals surface area contributed by atoms with Gasteiger partial charge in [0.25, 0.3) is 0 Å². The maximum atomic E-state index is 13.0. The third-order valence-electron chi connectivity index (χ3n) is 2.06. The van der Waals surface area contributed by atoms with Gasteiger partial charge in [-0.3, -0.25) is 4.79 Å². The zero-order valence-electron chi connectivity index (χ0n) is 8.64. The smallest absolute Gasteiger partial charge is 0.325 e. The van der Waals surface area contributed by atoms with Gasteiger partial charge >= 0.3 is 5.97 Å². The van der Waals surface area contributed by atoms with Gasteiger partial charge < -0.3 is 5.11 Å². The lowest BCUT2D eigenvalue weighted by molar-refractivity contribution is -0.137. The predicted molar refractivity (Wildman–Crippen MR) is 50.8 cm³/mol. The number of rotatable bonds is 3. The molecule has 0 radical (unpaired) electrons. The summed E-state index contributed by atoms with van der Waals surface area (Å²) in [5.41, 5.74) is -0.155. The van der Waals surface area contributed by atoms with Gasteiger partial charge in [-0.1, -0.05) is 0 Å². The molecule has 2 aromatic rings. The normalized spacial score (nSPS) is 10.6. The number of hydrogen-bond acceptors (Lipinski definition) is 4. The molecule has 0 spiro atoms. The zero-order valence-corrected chi connectivity index (χ0v) is 8.64. The Kier molecular flexibility index (Phi) is 2.96. The highest BCUT2D eigenvalue weighted by molar-refractivity contribution is 5.67. The molecule has 0 aliphatic carbocycles. The highest BCUT2D eigenvalue weighted by atomic mass is 19.2. The van der Waals surface area contributed by atoms with Crippen molar-refractivity contribution >= 4 is 5.97 Å². The fourth-order valence-electron chi connectivity index (χ4n) is 1.33. The molecule has 1 heterocycles. The van der Waals surface area contributed by atoms with Gasteiger partial charge in [0, 0.05) is 5.56 Å². The third-order valence-corrected chi connectivity index (χ3v) is 2.06. The number of halogens is 3. The van der Waals surface area contributed by atoms with Crippen LogP contribution in [-0.2, 0) is 11.3 Å². The molecule has 0 saturated carbocycles. The maximum absolute atomic E-state index is 13.0. The van der Waals surface area contributed by atoms with Crippen molar-refractivity contribution in [1.82, 2.24) is 20.2 Å². The van der Waals surface area contributed by atoms with Crippen LogP contribution in [0.5, 0.6) is 0 Å². The van der Waals surface area contributed by atoms with E-state index in [2.05, 4.69) is 15.5 Å². The highest BCUT2D eigenvalue weighted by Gasteiger charge is 2.17. The van der Waals surface area contributed by atoms with Crippen LogP contribution < -0.4 is 0 Å². The quantitative estimate of drug-likeness (QED) is 0.825. The van der Waals surface area contributed by atoms with Gasteiger partial charge in [0.2, 0.25) is 0 Å². The first kappa shape index (κ1) is 12.0. The Morgan fingerprint density at radius 3 is 2.44 bits per heavy atom. The second-order valence-electron chi connectivity index (χ2n) is 3.31. The lowest BCUT2D eigenvalue weighted by Crippen LogP contribution is -2.12. The van der Waals surface area contributed by atoms with Crippen LogP contribution in [0.25, 0.3) is 11.4 Å². The van der Waals surface area contributed by atoms with Gasteiger partial charge in [-0.2, -0.15) is 0 Å². The Hall–Kier alpha value is -2.45. The number of carboxylic acids is 1. The van der Waals surface area contributed by atoms with Crippen LogP contribution in [-0.4, -0.2) is 31.3 Å². The fraction of sp³-hybridized carbons (Fsp3) is 0.111. The first-order valence-corrected chi connectivity index (χ1v) is 4.62. The van der Waals surface area contributed by atoms with Crippen molar-refractivity contribution in [3.63, 3.8) is 0 Å². The molecule has 0 bridgehead atoms. The minimum Gasteiger partial charge on any atom is -0.480 e. The van der Waals surface area contributed by atoms with Crippen LogP contribution in [0.3, 0.4) is 0 Å². The fourth-order valence-corrected chi connectivity index (χ4v) is 1.33. The molecule has 94 valence electrons. The van der Waals surface area contributed by atoms with Crippen LogP contribution in [0.1, 0.15) is 0 Å². The van der Waals surface area contributed by atoms with Gasteiger partial charge in [-0.15, -0.1) is 5.10 Å². The van der Waals surface area contributed by atoms with Crippen molar-refractivity contribution in [2.75, 3.05) is 0 Å². The van der Waals surface area contributed by atoms with Crippen LogP contribution in [0.4, 0.5) is 13.2 Å². The number of hydrogen-bond donors (Lipinski definition) is 1. The molecular weight excluding hydrogens is 253 g/mol. The summed E-state index contributed by atoms with van der Waals surface area (Å²) in [6.07, 6.45) is 0. The third kappa shape index (κ3) is 2.14. The van der Waals surface area contributed by atoms with Gasteiger partial charge in [0.15, 0.2) is 23.3 Å². The number of nitrogens with zero attached hydrogens (tertiary/aromatic N) is 4. The average Bonchev–Trinajstić information content (AvgIpc) is 2.72. The zero-order chi connectivity index (χ0) is 13.3. The Balaban J connectivity index is 2.49. The molecule has 9 heteroatoms. The molecule has 0 amide bonds. The molecule has 6 nitrogen and oxygen atoms in total. The van der Waals surface area contributed by atoms with Gasteiger partial charge in [-0.25, -0.2) is 17.9 Å². The number of carbonyl (C=O) groups is 1. The van der Waals surface area contributed by atoms with Gasteiger partial charge in [0.05, 0.1) is 0 Å². The molecule has 0 atom stereocenters. The summed E-state index contributed by atoms with van der Waals surface area (Å²) in [5, 5.41) is 18.6. The van der Waals surface area contributed by atoms with E-state index in [1.54, 1.807) is 0 Å². The molecule has 1 aromatic heterocycles. The molecular formula is C9H5F3N4O2. The summed E-state index contributed by atoms with van der Waals surface area (Å²) in [7, 11) is 0. The lowest BCUT2D eigenvalue weighted by atomic mass is 10.2. The van der Waals surface area contributed by atoms with Crippen molar-refractivity contribution in [2.45, 2.75) is 6.54 Å². The summed E-state index contributed by atoms with van der Waals surface area (Å²) < 4.78 is 39.6. The summed E-state index contributed by atoms with van der Waals surface area (Å²) in [6.45, 7) is -0.580. The molecule has 0 fully saturated rings. The lowest BCUT2D eigenvalue weighted by Gasteiger charge is -2.03. The molecule has 18 heavy (non-hydrogen) atoms. The van der Waals surface area contributed by atoms with Crippen LogP contribution in [0.2, 0.25) is 0 Å². The summed E-state index contributed by atoms with van der Waals surface area (Å²) in [6, 6.07) is 1.37. The van der Waals surface area contributed by atoms with E-state index in [0.29, 0.717) is 12.1 Å². The highest BCUT2D eigenvalue weighted by Crippen LogP contribution is 2.21. The molecule has 0 aliphatic heterocycles. The second-order valence-corrected chi connectivity index (χ2v) is 3.31. The van der Waals surface area contributed by atoms with Crippen molar-refractivity contribution < 1.29 is 23.1 Å². The molecule has 1 aromatic carbocycles. The van der Waals surface area contributed by atoms with Crippen molar-refractivity contribution in [3.05, 3.63) is 29.6 Å². The van der Waals surface area contributed by atoms with Gasteiger partial charge in [-0.05, 0) is 22.6 Å². The minimum absolute atomic E-state index is 0.155. The Morgan fingerprint density at radius 1 is 1.28 bits per heavy atom. The van der Waals surface area contributed by atoms with E-state index in [4.69, 9.17) is 5.11 Å². The molecule has 0 unspecified atom stereocenters. The Bertz CT molecular complexity index is 591. The largest absolute Gasteiger partial charge is 0.480 e. The number of aliphatic carboxylic acids is 1. The van der Waals surface area contributed by atoms with Gasteiger partial charge in [0.1, 0.15) is 6.54 Å². The van der Waals surface area contributed by atoms with E-state index in [1.807, 2.05) is 0 Å². The van der Waals surface area contributed by atoms with Crippen LogP contribution in [0, 0.1) is 17.5 Å². The average molecular weight is 258 g/mol. The van der Waals surface area contributed by atoms with E-state index < -0.39 is 30.0 Å². The number of benzene rings is 1. The molecule has 1 N–H and O–H groups in total. The first-order valence-electron chi connectivity index (χ1n) is 4.62. The predicted octanol–water partition coefficient (Wildman–Crippen LogP) is 0.842. The second kappa shape index (κ2) is 4.43. The minimum atomic E-state index is -1.61. The topological polar surface area (TPSA) is 80.9 Å². The number of tetrazole rings is 1. The molecule has 0 saturated heterocycles. The van der Waals surface area contributed by atoms with E-state index in [1.165, 1.54) is 0 Å². The molecule has 2 rings (SSSR count). The van der Waals surface area contributed by atoms with Crippen molar-refractivity contribution in [1.29, 1.82) is 0 Å². The first-order chi connectivity index (χ1) is 8.49. The Labute approximate surface area is 97.7 Å². The summed E-state index contributed by atoms with van der Waals surface area (Å²) >= 11 is 0. The van der Waals surface area contributed by atoms with Crippen LogP contribution in [0.15, 0.2) is 12.1 Å². The molecule has 0 aliphatic rings. The summed E-state index contributed by atoms with van der Waals surface area (Å²) in [5.74, 6) is -5.83. The number of carboxylic acid groups (broad SMARTS) is 1. The van der Waals surface area contributed by atoms with E-state index >= 15 is 0 Å². The monoisotopic (exact) mass is 258 g/mol. The number of aromatic nitrogens is 4. The SMILES string of the molecule is O=C(O)Cn1nnnc1-c1cc(F)c(F)c(F)c1. The van der Waals surface area contributed by atoms with E-state index in [0.717, 1.165) is 4.68 Å². The standard InChI is InChI=1S/C9H5F3N4O2/c10-5-1-4(2-6(11)8(5)12)9-13-14-15-16(9)3-7(17)18/h1-2H,3H2,(H,17,18). The van der Waals surface area contributed by atoms with E-state index in [-0.39, 0.29) is 11.4 Å². The maximum Gasteiger partial charge on any atom is 0.325 e. The van der Waals surface area contributed by atoms with Crippen molar-refractivity contribution in [2.24, 2.45) is 0 Å². The van der Waals surface area contributed by atoms with Crippen LogP contribution >= 0.6 is 0 Å².